The lowest BCUT2D eigenvalue weighted by Gasteiger charge is -2.23. The van der Waals surface area contributed by atoms with Gasteiger partial charge in [-0.05, 0) is 54.3 Å². The molecule has 2 atom stereocenters. The largest absolute Gasteiger partial charge is 0.497 e. The topological polar surface area (TPSA) is 82.4 Å². The number of nitrogens with zero attached hydrogens (tertiary/aromatic N) is 2. The van der Waals surface area contributed by atoms with Gasteiger partial charge in [-0.15, -0.1) is 0 Å². The first-order valence-electron chi connectivity index (χ1n) is 10.6. The molecule has 0 spiro atoms. The van der Waals surface area contributed by atoms with Gasteiger partial charge in [-0.1, -0.05) is 12.1 Å². The number of rotatable bonds is 5. The second kappa shape index (κ2) is 8.96. The van der Waals surface area contributed by atoms with Crippen LogP contribution in [0.15, 0.2) is 53.6 Å². The molecule has 2 aromatic heterocycles. The molecule has 1 aromatic carbocycles. The molecule has 1 amide bonds. The maximum atomic E-state index is 12.5. The molecule has 1 aliphatic heterocycles. The predicted octanol–water partition coefficient (Wildman–Crippen LogP) is 3.45. The first-order valence-corrected chi connectivity index (χ1v) is 10.6. The van der Waals surface area contributed by atoms with Crippen molar-refractivity contribution in [1.82, 2.24) is 14.9 Å². The molecular weight excluding hydrogens is 406 g/mol. The molecule has 32 heavy (non-hydrogen) atoms. The Labute approximate surface area is 187 Å². The zero-order chi connectivity index (χ0) is 22.8. The molecule has 3 aromatic rings. The summed E-state index contributed by atoms with van der Waals surface area (Å²) in [6.45, 7) is 4.37. The van der Waals surface area contributed by atoms with E-state index in [4.69, 9.17) is 9.47 Å². The Hall–Kier alpha value is -3.45. The lowest BCUT2D eigenvalue weighted by Crippen LogP contribution is -2.26. The van der Waals surface area contributed by atoms with Crippen molar-refractivity contribution in [3.05, 3.63) is 81.5 Å². The highest BCUT2D eigenvalue weighted by molar-refractivity contribution is 5.78. The monoisotopic (exact) mass is 433 g/mol. The molecule has 1 N–H and O–H groups in total. The van der Waals surface area contributed by atoms with E-state index in [0.29, 0.717) is 17.9 Å². The summed E-state index contributed by atoms with van der Waals surface area (Å²) in [6.07, 6.45) is 2.55. The van der Waals surface area contributed by atoms with Crippen molar-refractivity contribution in [3.8, 4) is 16.9 Å². The quantitative estimate of drug-likeness (QED) is 0.666. The average molecular weight is 434 g/mol. The standard InChI is InChI=1S/C25H27N3O4/c1-5-26-23(29)12-22-18-11-24(30)28(3)14-20(18)17-8-7-16(31-4)10-19(17)25(32-22)21-9-6-15(2)13-27-21/h6-11,13-14,22,25H,5,12H2,1-4H3,(H,26,29). The maximum Gasteiger partial charge on any atom is 0.250 e. The summed E-state index contributed by atoms with van der Waals surface area (Å²) in [4.78, 5) is 29.7. The van der Waals surface area contributed by atoms with Crippen LogP contribution >= 0.6 is 0 Å². The lowest BCUT2D eigenvalue weighted by atomic mass is 9.92. The second-order valence-electron chi connectivity index (χ2n) is 7.97. The van der Waals surface area contributed by atoms with E-state index < -0.39 is 12.2 Å². The van der Waals surface area contributed by atoms with E-state index in [1.54, 1.807) is 31.0 Å². The molecule has 0 saturated carbocycles. The fourth-order valence-electron chi connectivity index (χ4n) is 4.04. The molecule has 0 saturated heterocycles. The minimum atomic E-state index is -0.614. The maximum absolute atomic E-state index is 12.5. The van der Waals surface area contributed by atoms with Crippen LogP contribution in [0.2, 0.25) is 0 Å². The summed E-state index contributed by atoms with van der Waals surface area (Å²) in [5.41, 5.74) is 4.95. The number of ether oxygens (including phenoxy) is 2. The van der Waals surface area contributed by atoms with Crippen LogP contribution in [0.4, 0.5) is 0 Å². The van der Waals surface area contributed by atoms with E-state index in [-0.39, 0.29) is 17.9 Å². The SMILES string of the molecule is CCNC(=O)CC1OC(c2ccc(C)cn2)c2cc(OC)ccc2-c2cn(C)c(=O)cc21. The van der Waals surface area contributed by atoms with Crippen molar-refractivity contribution in [3.63, 3.8) is 0 Å². The number of aryl methyl sites for hydroxylation is 2. The average Bonchev–Trinajstić information content (AvgIpc) is 2.90. The number of hydrogen-bond donors (Lipinski definition) is 1. The molecule has 7 heteroatoms. The fourth-order valence-corrected chi connectivity index (χ4v) is 4.04. The molecule has 0 fully saturated rings. The summed E-state index contributed by atoms with van der Waals surface area (Å²) in [5, 5.41) is 2.83. The summed E-state index contributed by atoms with van der Waals surface area (Å²) in [6, 6.07) is 11.3. The van der Waals surface area contributed by atoms with Gasteiger partial charge in [-0.3, -0.25) is 14.6 Å². The normalized spacial score (nSPS) is 17.1. The van der Waals surface area contributed by atoms with Gasteiger partial charge < -0.3 is 19.4 Å². The fraction of sp³-hybridized carbons (Fsp3) is 0.320. The summed E-state index contributed by atoms with van der Waals surface area (Å²) >= 11 is 0. The van der Waals surface area contributed by atoms with Crippen molar-refractivity contribution < 1.29 is 14.3 Å². The van der Waals surface area contributed by atoms with Crippen LogP contribution in [0.3, 0.4) is 0 Å². The second-order valence-corrected chi connectivity index (χ2v) is 7.97. The first kappa shape index (κ1) is 21.8. The third kappa shape index (κ3) is 4.16. The number of benzene rings is 1. The zero-order valence-corrected chi connectivity index (χ0v) is 18.7. The van der Waals surface area contributed by atoms with Crippen LogP contribution in [0.5, 0.6) is 5.75 Å². The molecule has 166 valence electrons. The van der Waals surface area contributed by atoms with Gasteiger partial charge in [-0.25, -0.2) is 0 Å². The molecule has 0 radical (unpaired) electrons. The Morgan fingerprint density at radius 1 is 1.19 bits per heavy atom. The summed E-state index contributed by atoms with van der Waals surface area (Å²) < 4.78 is 13.6. The van der Waals surface area contributed by atoms with Crippen LogP contribution in [-0.4, -0.2) is 29.1 Å². The van der Waals surface area contributed by atoms with Crippen LogP contribution < -0.4 is 15.6 Å². The van der Waals surface area contributed by atoms with Gasteiger partial charge in [0.05, 0.1) is 25.3 Å². The molecule has 2 unspecified atom stereocenters. The van der Waals surface area contributed by atoms with Crippen molar-refractivity contribution in [2.75, 3.05) is 13.7 Å². The number of nitrogens with one attached hydrogen (secondary N) is 1. The molecule has 7 nitrogen and oxygen atoms in total. The number of fused-ring (bicyclic) bond motifs is 3. The number of methoxy groups -OCH3 is 1. The Morgan fingerprint density at radius 3 is 2.69 bits per heavy atom. The third-order valence-corrected chi connectivity index (χ3v) is 5.69. The van der Waals surface area contributed by atoms with Gasteiger partial charge >= 0.3 is 0 Å². The number of amides is 1. The highest BCUT2D eigenvalue weighted by Crippen LogP contribution is 2.45. The lowest BCUT2D eigenvalue weighted by molar-refractivity contribution is -0.125. The van der Waals surface area contributed by atoms with Crippen LogP contribution in [0.1, 0.15) is 47.9 Å². The van der Waals surface area contributed by atoms with E-state index in [9.17, 15) is 9.59 Å². The minimum Gasteiger partial charge on any atom is -0.497 e. The zero-order valence-electron chi connectivity index (χ0n) is 18.7. The number of pyridine rings is 2. The van der Waals surface area contributed by atoms with Gasteiger partial charge in [0.15, 0.2) is 0 Å². The van der Waals surface area contributed by atoms with Crippen molar-refractivity contribution in [2.45, 2.75) is 32.5 Å². The Balaban J connectivity index is 1.95. The van der Waals surface area contributed by atoms with Gasteiger partial charge in [0.1, 0.15) is 11.9 Å². The van der Waals surface area contributed by atoms with Crippen LogP contribution in [0.25, 0.3) is 11.1 Å². The van der Waals surface area contributed by atoms with Gasteiger partial charge in [0.2, 0.25) is 5.91 Å². The smallest absolute Gasteiger partial charge is 0.250 e. The highest BCUT2D eigenvalue weighted by Gasteiger charge is 2.33. The third-order valence-electron chi connectivity index (χ3n) is 5.69. The van der Waals surface area contributed by atoms with Crippen LogP contribution in [-0.2, 0) is 16.6 Å². The molecule has 0 aliphatic carbocycles. The molecule has 4 rings (SSSR count). The first-order chi connectivity index (χ1) is 15.4. The number of aromatic nitrogens is 2. The van der Waals surface area contributed by atoms with Crippen LogP contribution in [0, 0.1) is 6.92 Å². The molecular formula is C25H27N3O4. The summed E-state index contributed by atoms with van der Waals surface area (Å²) in [7, 11) is 3.34. The highest BCUT2D eigenvalue weighted by atomic mass is 16.5. The van der Waals surface area contributed by atoms with Gasteiger partial charge in [-0.2, -0.15) is 0 Å². The predicted molar refractivity (Wildman–Crippen MR) is 122 cm³/mol. The molecule has 0 bridgehead atoms. The molecule has 1 aliphatic rings. The van der Waals surface area contributed by atoms with E-state index in [1.807, 2.05) is 50.4 Å². The number of carbonyl (C=O) groups excluding carboxylic acids is 1. The number of hydrogen-bond acceptors (Lipinski definition) is 5. The summed E-state index contributed by atoms with van der Waals surface area (Å²) in [5.74, 6) is 0.557. The van der Waals surface area contributed by atoms with Gasteiger partial charge in [0.25, 0.3) is 5.56 Å². The Morgan fingerprint density at radius 2 is 2.00 bits per heavy atom. The Bertz CT molecular complexity index is 1200. The minimum absolute atomic E-state index is 0.0987. The van der Waals surface area contributed by atoms with E-state index in [2.05, 4.69) is 10.3 Å². The molecule has 3 heterocycles. The number of carbonyl (C=O) groups is 1. The van der Waals surface area contributed by atoms with Crippen molar-refractivity contribution >= 4 is 5.91 Å². The van der Waals surface area contributed by atoms with E-state index in [1.165, 1.54) is 0 Å². The Kier molecular flexibility index (Phi) is 6.10. The van der Waals surface area contributed by atoms with Crippen molar-refractivity contribution in [2.24, 2.45) is 7.05 Å². The van der Waals surface area contributed by atoms with Gasteiger partial charge in [0, 0.05) is 37.6 Å². The van der Waals surface area contributed by atoms with E-state index in [0.717, 1.165) is 27.9 Å². The van der Waals surface area contributed by atoms with Crippen molar-refractivity contribution in [1.29, 1.82) is 0 Å². The van der Waals surface area contributed by atoms with E-state index >= 15 is 0 Å².